The van der Waals surface area contributed by atoms with Crippen molar-refractivity contribution in [2.24, 2.45) is 11.3 Å². The number of hydrogen-bond acceptors (Lipinski definition) is 1. The van der Waals surface area contributed by atoms with E-state index in [0.29, 0.717) is 16.7 Å². The number of hydrogen-bond donors (Lipinski definition) is 0. The van der Waals surface area contributed by atoms with Crippen LogP contribution in [0.15, 0.2) is 12.1 Å². The highest BCUT2D eigenvalue weighted by atomic mass is 79.9. The second-order valence-electron chi connectivity index (χ2n) is 6.54. The van der Waals surface area contributed by atoms with Crippen molar-refractivity contribution in [1.29, 1.82) is 0 Å². The molecule has 0 aromatic heterocycles. The number of halogens is 3. The molecule has 4 heteroatoms. The average Bonchev–Trinajstić information content (AvgIpc) is 2.89. The molecule has 0 amide bonds. The second kappa shape index (κ2) is 7.10. The maximum absolute atomic E-state index is 6.48. The molecule has 0 radical (unpaired) electrons. The third kappa shape index (κ3) is 3.71. The zero-order chi connectivity index (χ0) is 15.6. The molecule has 21 heavy (non-hydrogen) atoms. The van der Waals surface area contributed by atoms with E-state index >= 15 is 0 Å². The highest BCUT2D eigenvalue weighted by molar-refractivity contribution is 9.09. The minimum atomic E-state index is 0.241. The van der Waals surface area contributed by atoms with E-state index in [2.05, 4.69) is 29.8 Å². The van der Waals surface area contributed by atoms with Gasteiger partial charge in [-0.2, -0.15) is 0 Å². The summed E-state index contributed by atoms with van der Waals surface area (Å²) in [6.07, 6.45) is 6.32. The quantitative estimate of drug-likeness (QED) is 0.487. The summed E-state index contributed by atoms with van der Waals surface area (Å²) in [5, 5.41) is 1.35. The van der Waals surface area contributed by atoms with Gasteiger partial charge in [-0.15, -0.1) is 0 Å². The summed E-state index contributed by atoms with van der Waals surface area (Å²) in [5.41, 5.74) is 1.38. The largest absolute Gasteiger partial charge is 0.495 e. The van der Waals surface area contributed by atoms with Crippen molar-refractivity contribution in [1.82, 2.24) is 0 Å². The van der Waals surface area contributed by atoms with E-state index in [1.54, 1.807) is 7.11 Å². The number of benzene rings is 1. The lowest BCUT2D eigenvalue weighted by atomic mass is 9.74. The highest BCUT2D eigenvalue weighted by Crippen LogP contribution is 2.57. The summed E-state index contributed by atoms with van der Waals surface area (Å²) in [6.45, 7) is 4.59. The van der Waals surface area contributed by atoms with Crippen LogP contribution in [0.1, 0.15) is 56.3 Å². The predicted molar refractivity (Wildman–Crippen MR) is 95.0 cm³/mol. The molecule has 1 aromatic rings. The molecule has 1 nitrogen and oxygen atoms in total. The molecule has 1 aliphatic carbocycles. The molecule has 1 saturated carbocycles. The monoisotopic (exact) mass is 392 g/mol. The van der Waals surface area contributed by atoms with Gasteiger partial charge in [0.1, 0.15) is 5.75 Å². The lowest BCUT2D eigenvalue weighted by molar-refractivity contribution is 0.230. The third-order valence-corrected chi connectivity index (χ3v) is 6.58. The van der Waals surface area contributed by atoms with Crippen LogP contribution in [0.2, 0.25) is 10.0 Å². The van der Waals surface area contributed by atoms with Gasteiger partial charge >= 0.3 is 0 Å². The van der Waals surface area contributed by atoms with Gasteiger partial charge in [0, 0.05) is 15.9 Å². The van der Waals surface area contributed by atoms with Crippen LogP contribution in [0.5, 0.6) is 5.75 Å². The van der Waals surface area contributed by atoms with Gasteiger partial charge in [0.05, 0.1) is 12.1 Å². The van der Waals surface area contributed by atoms with Crippen LogP contribution in [0.4, 0.5) is 0 Å². The van der Waals surface area contributed by atoms with E-state index < -0.39 is 0 Å². The fourth-order valence-corrected chi connectivity index (χ4v) is 5.35. The molecular weight excluding hydrogens is 371 g/mol. The van der Waals surface area contributed by atoms with Gasteiger partial charge in [0.2, 0.25) is 0 Å². The van der Waals surface area contributed by atoms with Crippen LogP contribution < -0.4 is 4.74 Å². The number of alkyl halides is 1. The topological polar surface area (TPSA) is 9.23 Å². The summed E-state index contributed by atoms with van der Waals surface area (Å²) in [7, 11) is 1.61. The first-order valence-electron chi connectivity index (χ1n) is 7.56. The minimum Gasteiger partial charge on any atom is -0.495 e. The van der Waals surface area contributed by atoms with Gasteiger partial charge in [-0.05, 0) is 42.2 Å². The lowest BCUT2D eigenvalue weighted by Crippen LogP contribution is -2.24. The maximum Gasteiger partial charge on any atom is 0.138 e. The molecule has 0 heterocycles. The Kier molecular flexibility index (Phi) is 5.90. The van der Waals surface area contributed by atoms with Crippen molar-refractivity contribution < 1.29 is 4.74 Å². The van der Waals surface area contributed by atoms with Crippen molar-refractivity contribution in [3.63, 3.8) is 0 Å². The van der Waals surface area contributed by atoms with Gasteiger partial charge in [-0.1, -0.05) is 65.8 Å². The molecular formula is C17H23BrCl2O. The normalized spacial score (nSPS) is 19.0. The first-order chi connectivity index (χ1) is 9.89. The summed E-state index contributed by atoms with van der Waals surface area (Å²) in [6, 6.07) is 3.79. The van der Waals surface area contributed by atoms with E-state index in [4.69, 9.17) is 27.9 Å². The number of rotatable bonds is 5. The van der Waals surface area contributed by atoms with Crippen LogP contribution >= 0.6 is 39.1 Å². The third-order valence-electron chi connectivity index (χ3n) is 4.50. The Bertz CT molecular complexity index is 496. The first-order valence-corrected chi connectivity index (χ1v) is 9.24. The summed E-state index contributed by atoms with van der Waals surface area (Å²) in [4.78, 5) is 0.241. The van der Waals surface area contributed by atoms with Crippen molar-refractivity contribution in [3.05, 3.63) is 27.7 Å². The van der Waals surface area contributed by atoms with Crippen molar-refractivity contribution in [2.45, 2.75) is 50.8 Å². The molecule has 1 unspecified atom stereocenters. The zero-order valence-electron chi connectivity index (χ0n) is 12.9. The molecule has 0 saturated heterocycles. The highest BCUT2D eigenvalue weighted by Gasteiger charge is 2.41. The van der Waals surface area contributed by atoms with Crippen LogP contribution in [-0.2, 0) is 0 Å². The van der Waals surface area contributed by atoms with Crippen LogP contribution in [0, 0.1) is 11.3 Å². The molecule has 118 valence electrons. The van der Waals surface area contributed by atoms with E-state index in [1.165, 1.54) is 32.1 Å². The van der Waals surface area contributed by atoms with E-state index in [1.807, 2.05) is 12.1 Å². The Balaban J connectivity index is 2.37. The fraction of sp³-hybridized carbons (Fsp3) is 0.647. The Morgan fingerprint density at radius 1 is 1.19 bits per heavy atom. The molecule has 1 aromatic carbocycles. The smallest absolute Gasteiger partial charge is 0.138 e. The molecule has 0 N–H and O–H groups in total. The number of methoxy groups -OCH3 is 1. The van der Waals surface area contributed by atoms with Crippen LogP contribution in [0.25, 0.3) is 0 Å². The van der Waals surface area contributed by atoms with Crippen LogP contribution in [0.3, 0.4) is 0 Å². The summed E-state index contributed by atoms with van der Waals surface area (Å²) < 4.78 is 5.24. The summed E-state index contributed by atoms with van der Waals surface area (Å²) >= 11 is 16.7. The van der Waals surface area contributed by atoms with E-state index in [0.717, 1.165) is 10.6 Å². The van der Waals surface area contributed by atoms with Gasteiger partial charge < -0.3 is 4.74 Å². The molecule has 0 aliphatic heterocycles. The molecule has 0 spiro atoms. The van der Waals surface area contributed by atoms with E-state index in [9.17, 15) is 0 Å². The zero-order valence-corrected chi connectivity index (χ0v) is 16.0. The van der Waals surface area contributed by atoms with Crippen LogP contribution in [-0.4, -0.2) is 7.11 Å². The number of ether oxygens (including phenoxy) is 1. The van der Waals surface area contributed by atoms with Gasteiger partial charge in [0.15, 0.2) is 0 Å². The second-order valence-corrected chi connectivity index (χ2v) is 8.27. The SMILES string of the molecule is COc1cc(Cl)c(C(Br)C2(CC(C)C)CCCC2)cc1Cl. The average molecular weight is 394 g/mol. The Morgan fingerprint density at radius 2 is 1.81 bits per heavy atom. The molecule has 1 atom stereocenters. The van der Waals surface area contributed by atoms with Gasteiger partial charge in [0.25, 0.3) is 0 Å². The molecule has 2 rings (SSSR count). The van der Waals surface area contributed by atoms with Crippen molar-refractivity contribution in [3.8, 4) is 5.75 Å². The Labute approximate surface area is 146 Å². The summed E-state index contributed by atoms with van der Waals surface area (Å²) in [5.74, 6) is 1.31. The standard InChI is InChI=1S/C17H23BrCl2O/c1-11(2)10-17(6-4-5-7-17)16(18)12-8-14(20)15(21-3)9-13(12)19/h8-9,11,16H,4-7,10H2,1-3H3. The fourth-order valence-electron chi connectivity index (χ4n) is 3.68. The maximum atomic E-state index is 6.48. The van der Waals surface area contributed by atoms with Gasteiger partial charge in [-0.3, -0.25) is 0 Å². The molecule has 1 aliphatic rings. The van der Waals surface area contributed by atoms with Gasteiger partial charge in [-0.25, -0.2) is 0 Å². The molecule has 0 bridgehead atoms. The Morgan fingerprint density at radius 3 is 2.33 bits per heavy atom. The van der Waals surface area contributed by atoms with E-state index in [-0.39, 0.29) is 10.2 Å². The Hall–Kier alpha value is 0.0800. The van der Waals surface area contributed by atoms with Crippen molar-refractivity contribution >= 4 is 39.1 Å². The minimum absolute atomic E-state index is 0.241. The first kappa shape index (κ1) is 17.4. The predicted octanol–water partition coefficient (Wildman–Crippen LogP) is 7.04. The lowest BCUT2D eigenvalue weighted by Gasteiger charge is -2.36. The van der Waals surface area contributed by atoms with Crippen molar-refractivity contribution in [2.75, 3.05) is 7.11 Å². The molecule has 1 fully saturated rings.